The third-order valence-electron chi connectivity index (χ3n) is 5.90. The first-order chi connectivity index (χ1) is 17.7. The van der Waals surface area contributed by atoms with Gasteiger partial charge in [0.2, 0.25) is 3.79 Å². The number of nitrogens with zero attached hydrogens (tertiary/aromatic N) is 3. The largest absolute Gasteiger partial charge is 0.493 e. The Hall–Kier alpha value is -3.97. The molecule has 0 aliphatic carbocycles. The fourth-order valence-electron chi connectivity index (χ4n) is 4.00. The van der Waals surface area contributed by atoms with Crippen LogP contribution in [0.15, 0.2) is 73.4 Å². The lowest BCUT2D eigenvalue weighted by molar-refractivity contribution is -0.115. The fourth-order valence-corrected chi connectivity index (χ4v) is 4.48. The van der Waals surface area contributed by atoms with Crippen LogP contribution < -0.4 is 14.4 Å². The average molecular weight is 607 g/mol. The van der Waals surface area contributed by atoms with E-state index in [4.69, 9.17) is 9.47 Å². The highest BCUT2D eigenvalue weighted by Crippen LogP contribution is 2.41. The van der Waals surface area contributed by atoms with Gasteiger partial charge >= 0.3 is 0 Å². The molecule has 6 nitrogen and oxygen atoms in total. The van der Waals surface area contributed by atoms with Crippen molar-refractivity contribution in [3.63, 3.8) is 0 Å². The van der Waals surface area contributed by atoms with E-state index in [2.05, 4.69) is 17.6 Å². The number of ether oxygens (including phenoxy) is 2. The van der Waals surface area contributed by atoms with Crippen LogP contribution in [0, 0.1) is 17.1 Å². The molecule has 0 radical (unpaired) electrons. The maximum Gasteiger partial charge on any atom is 0.237 e. The Morgan fingerprint density at radius 3 is 2.35 bits per heavy atom. The van der Waals surface area contributed by atoms with E-state index in [9.17, 15) is 14.4 Å². The lowest BCUT2D eigenvalue weighted by Crippen LogP contribution is -2.15. The van der Waals surface area contributed by atoms with E-state index >= 15 is 0 Å². The van der Waals surface area contributed by atoms with E-state index in [-0.39, 0.29) is 3.79 Å². The Balaban J connectivity index is 1.89. The van der Waals surface area contributed by atoms with E-state index in [1.807, 2.05) is 31.1 Å². The predicted molar refractivity (Wildman–Crippen MR) is 151 cm³/mol. The van der Waals surface area contributed by atoms with Crippen LogP contribution in [0.3, 0.4) is 0 Å². The molecule has 0 unspecified atom stereocenters. The van der Waals surface area contributed by atoms with Crippen LogP contribution in [0.5, 0.6) is 11.5 Å². The van der Waals surface area contributed by atoms with E-state index in [0.717, 1.165) is 27.8 Å². The van der Waals surface area contributed by atoms with Crippen LogP contribution >= 0.6 is 22.6 Å². The Labute approximate surface area is 228 Å². The molecule has 0 saturated carbocycles. The summed E-state index contributed by atoms with van der Waals surface area (Å²) in [5.41, 5.74) is 4.96. The third-order valence-corrected chi connectivity index (χ3v) is 6.47. The maximum atomic E-state index is 13.5. The molecule has 0 aliphatic rings. The van der Waals surface area contributed by atoms with Gasteiger partial charge in [0.05, 0.1) is 36.1 Å². The monoisotopic (exact) mass is 607 g/mol. The number of fused-ring (bicyclic) bond motifs is 1. The molecule has 1 atom stereocenters. The predicted octanol–water partition coefficient (Wildman–Crippen LogP) is 6.46. The highest BCUT2D eigenvalue weighted by Gasteiger charge is 2.24. The van der Waals surface area contributed by atoms with Gasteiger partial charge in [-0.15, -0.1) is 0 Å². The number of rotatable bonds is 8. The van der Waals surface area contributed by atoms with E-state index in [0.29, 0.717) is 28.1 Å². The fraction of sp³-hybridized carbons (Fsp3) is 0.138. The molecule has 0 saturated heterocycles. The number of carbonyl (C=O) groups excluding carboxylic acids is 1. The minimum Gasteiger partial charge on any atom is -0.493 e. The zero-order valence-electron chi connectivity index (χ0n) is 20.5. The van der Waals surface area contributed by atoms with Gasteiger partial charge in [0.1, 0.15) is 5.82 Å². The van der Waals surface area contributed by atoms with E-state index in [1.165, 1.54) is 31.4 Å². The average Bonchev–Trinajstić information content (AvgIpc) is 2.90. The zero-order valence-corrected chi connectivity index (χ0v) is 22.6. The molecule has 4 aromatic rings. The van der Waals surface area contributed by atoms with Crippen LogP contribution in [0.1, 0.15) is 28.4 Å². The number of aromatic nitrogens is 1. The third kappa shape index (κ3) is 5.42. The number of anilines is 1. The minimum absolute atomic E-state index is 0.270. The molecule has 37 heavy (non-hydrogen) atoms. The second-order valence-electron chi connectivity index (χ2n) is 8.45. The highest BCUT2D eigenvalue weighted by atomic mass is 127. The summed E-state index contributed by atoms with van der Waals surface area (Å²) in [5.74, 6) is 0.332. The van der Waals surface area contributed by atoms with Gasteiger partial charge < -0.3 is 14.4 Å². The van der Waals surface area contributed by atoms with Crippen molar-refractivity contribution in [3.8, 4) is 17.6 Å². The van der Waals surface area contributed by atoms with Gasteiger partial charge in [0, 0.05) is 59.3 Å². The van der Waals surface area contributed by atoms with E-state index < -0.39 is 11.9 Å². The molecule has 186 valence electrons. The van der Waals surface area contributed by atoms with Crippen molar-refractivity contribution >= 4 is 48.5 Å². The molecule has 3 aromatic carbocycles. The summed E-state index contributed by atoms with van der Waals surface area (Å²) in [6.45, 7) is 4.36. The number of benzene rings is 3. The quantitative estimate of drug-likeness (QED) is 0.169. The number of hydrogen-bond donors (Lipinski definition) is 0. The Morgan fingerprint density at radius 1 is 1.11 bits per heavy atom. The van der Waals surface area contributed by atoms with Gasteiger partial charge in [-0.05, 0) is 41.5 Å². The van der Waals surface area contributed by atoms with Crippen LogP contribution in [-0.2, 0) is 4.79 Å². The molecular weight excluding hydrogens is 584 g/mol. The topological polar surface area (TPSA) is 75.5 Å². The maximum absolute atomic E-state index is 13.5. The molecular formula is C29H23FIN3O3. The number of methoxy groups -OCH3 is 1. The van der Waals surface area contributed by atoms with Crippen molar-refractivity contribution in [2.75, 3.05) is 26.1 Å². The molecule has 0 amide bonds. The standard InChI is InChI=1S/C29H23FIN3O3/c1-17(19-7-5-18(15-32)6-8-19)27-22-13-26(25(36-4)14-23(22)33-16-24(27)34(2)3)37-28(29(31)35)20-9-11-21(30)12-10-20/h5-14,16,28H,1H2,2-4H3/t28-/m1/s1. The second-order valence-corrected chi connectivity index (χ2v) is 9.52. The molecule has 0 aliphatic heterocycles. The molecule has 4 rings (SSSR count). The summed E-state index contributed by atoms with van der Waals surface area (Å²) in [6, 6.07) is 18.5. The normalized spacial score (nSPS) is 11.5. The lowest BCUT2D eigenvalue weighted by atomic mass is 9.94. The van der Waals surface area contributed by atoms with Gasteiger partial charge in [-0.25, -0.2) is 4.39 Å². The van der Waals surface area contributed by atoms with Crippen LogP contribution in [0.25, 0.3) is 16.5 Å². The van der Waals surface area contributed by atoms with Gasteiger partial charge in [-0.2, -0.15) is 5.26 Å². The zero-order chi connectivity index (χ0) is 26.7. The smallest absolute Gasteiger partial charge is 0.237 e. The highest BCUT2D eigenvalue weighted by molar-refractivity contribution is 14.1. The van der Waals surface area contributed by atoms with E-state index in [1.54, 1.807) is 53.1 Å². The van der Waals surface area contributed by atoms with Crippen molar-refractivity contribution in [1.82, 2.24) is 4.98 Å². The molecule has 0 N–H and O–H groups in total. The molecule has 0 bridgehead atoms. The van der Waals surface area contributed by atoms with Crippen LogP contribution in [0.2, 0.25) is 0 Å². The van der Waals surface area contributed by atoms with Gasteiger partial charge in [0.25, 0.3) is 0 Å². The summed E-state index contributed by atoms with van der Waals surface area (Å²) in [7, 11) is 5.34. The molecule has 0 spiro atoms. The lowest BCUT2D eigenvalue weighted by Gasteiger charge is -2.23. The number of hydrogen-bond acceptors (Lipinski definition) is 6. The number of nitriles is 1. The van der Waals surface area contributed by atoms with Crippen molar-refractivity contribution in [3.05, 3.63) is 102 Å². The molecule has 8 heteroatoms. The van der Waals surface area contributed by atoms with Crippen molar-refractivity contribution in [2.24, 2.45) is 0 Å². The summed E-state index contributed by atoms with van der Waals surface area (Å²) in [4.78, 5) is 19.1. The van der Waals surface area contributed by atoms with Gasteiger partial charge in [-0.3, -0.25) is 9.78 Å². The van der Waals surface area contributed by atoms with Gasteiger partial charge in [-0.1, -0.05) is 30.8 Å². The first-order valence-corrected chi connectivity index (χ1v) is 12.3. The first-order valence-electron chi connectivity index (χ1n) is 11.2. The van der Waals surface area contributed by atoms with Crippen molar-refractivity contribution in [2.45, 2.75) is 6.10 Å². The summed E-state index contributed by atoms with van der Waals surface area (Å²) in [5, 5.41) is 9.92. The van der Waals surface area contributed by atoms with Crippen molar-refractivity contribution < 1.29 is 18.7 Å². The summed E-state index contributed by atoms with van der Waals surface area (Å²) >= 11 is 1.68. The Kier molecular flexibility index (Phi) is 7.74. The second kappa shape index (κ2) is 11.0. The van der Waals surface area contributed by atoms with Crippen LogP contribution in [-0.4, -0.2) is 30.0 Å². The minimum atomic E-state index is -0.970. The molecule has 0 fully saturated rings. The Morgan fingerprint density at radius 2 is 1.78 bits per heavy atom. The van der Waals surface area contributed by atoms with Gasteiger partial charge in [0.15, 0.2) is 17.6 Å². The molecule has 1 aromatic heterocycles. The Bertz CT molecular complexity index is 1530. The van der Waals surface area contributed by atoms with Crippen LogP contribution in [0.4, 0.5) is 10.1 Å². The summed E-state index contributed by atoms with van der Waals surface area (Å²) < 4.78 is 25.0. The first kappa shape index (κ1) is 26.1. The SMILES string of the molecule is C=C(c1ccc(C#N)cc1)c1c(N(C)C)cnc2cc(OC)c(O[C@@H](C(=O)I)c3ccc(F)cc3)cc12. The van der Waals surface area contributed by atoms with Crippen molar-refractivity contribution in [1.29, 1.82) is 5.26 Å². The molecule has 1 heterocycles. The summed E-state index contributed by atoms with van der Waals surface area (Å²) in [6.07, 6.45) is 0.796. The number of halogens is 2. The number of pyridine rings is 1. The number of carbonyl (C=O) groups is 1.